The molecule has 1 aliphatic rings. The highest BCUT2D eigenvalue weighted by Gasteiger charge is 2.47. The van der Waals surface area contributed by atoms with E-state index in [1.54, 1.807) is 0 Å². The molecule has 0 amide bonds. The van der Waals surface area contributed by atoms with Crippen LogP contribution in [-0.2, 0) is 9.47 Å². The molecule has 0 bridgehead atoms. The molecule has 0 saturated heterocycles. The van der Waals surface area contributed by atoms with Gasteiger partial charge >= 0.3 is 0 Å². The molecular formula is C11H23NO2. The smallest absolute Gasteiger partial charge is 0.0784 e. The van der Waals surface area contributed by atoms with Crippen molar-refractivity contribution < 1.29 is 9.47 Å². The van der Waals surface area contributed by atoms with Gasteiger partial charge in [0, 0.05) is 18.1 Å². The minimum Gasteiger partial charge on any atom is -0.379 e. The molecule has 0 radical (unpaired) electrons. The van der Waals surface area contributed by atoms with Crippen LogP contribution >= 0.6 is 0 Å². The molecule has 0 aromatic carbocycles. The van der Waals surface area contributed by atoms with Gasteiger partial charge in [0.1, 0.15) is 0 Å². The van der Waals surface area contributed by atoms with Gasteiger partial charge in [0.2, 0.25) is 0 Å². The second kappa shape index (κ2) is 4.60. The van der Waals surface area contributed by atoms with Crippen LogP contribution in [-0.4, -0.2) is 31.5 Å². The Morgan fingerprint density at radius 2 is 2.14 bits per heavy atom. The molecule has 2 N–H and O–H groups in total. The first kappa shape index (κ1) is 12.0. The van der Waals surface area contributed by atoms with E-state index in [9.17, 15) is 0 Å². The van der Waals surface area contributed by atoms with Crippen molar-refractivity contribution in [2.24, 2.45) is 11.1 Å². The molecule has 84 valence electrons. The molecule has 1 aliphatic carbocycles. The summed E-state index contributed by atoms with van der Waals surface area (Å²) in [6.07, 6.45) is 1.45. The lowest BCUT2D eigenvalue weighted by atomic mass is 9.65. The van der Waals surface area contributed by atoms with E-state index in [1.807, 2.05) is 6.92 Å². The van der Waals surface area contributed by atoms with E-state index in [1.165, 1.54) is 0 Å². The lowest BCUT2D eigenvalue weighted by Crippen LogP contribution is -2.59. The van der Waals surface area contributed by atoms with Crippen LogP contribution in [0.25, 0.3) is 0 Å². The number of nitrogens with two attached hydrogens (primary N) is 1. The standard InChI is InChI=1S/C11H23NO2/c1-5-13-7-8(2)14-10-6-9(12)11(10,3)4/h8-10H,5-7,12H2,1-4H3. The molecule has 3 atom stereocenters. The van der Waals surface area contributed by atoms with Crippen molar-refractivity contribution in [1.29, 1.82) is 0 Å². The van der Waals surface area contributed by atoms with Crippen molar-refractivity contribution in [2.75, 3.05) is 13.2 Å². The average molecular weight is 201 g/mol. The van der Waals surface area contributed by atoms with E-state index in [2.05, 4.69) is 20.8 Å². The SMILES string of the molecule is CCOCC(C)OC1CC(N)C1(C)C. The largest absolute Gasteiger partial charge is 0.379 e. The Balaban J connectivity index is 2.25. The number of hydrogen-bond acceptors (Lipinski definition) is 3. The van der Waals surface area contributed by atoms with Gasteiger partial charge in [-0.1, -0.05) is 13.8 Å². The minimum atomic E-state index is 0.125. The van der Waals surface area contributed by atoms with Gasteiger partial charge in [0.05, 0.1) is 18.8 Å². The summed E-state index contributed by atoms with van der Waals surface area (Å²) >= 11 is 0. The van der Waals surface area contributed by atoms with Crippen LogP contribution < -0.4 is 5.73 Å². The van der Waals surface area contributed by atoms with Crippen molar-refractivity contribution in [3.63, 3.8) is 0 Å². The Morgan fingerprint density at radius 3 is 2.57 bits per heavy atom. The maximum absolute atomic E-state index is 5.91. The quantitative estimate of drug-likeness (QED) is 0.734. The van der Waals surface area contributed by atoms with Gasteiger partial charge in [0.25, 0.3) is 0 Å². The molecule has 0 heterocycles. The van der Waals surface area contributed by atoms with E-state index in [4.69, 9.17) is 15.2 Å². The first-order chi connectivity index (χ1) is 6.48. The third-order valence-electron chi connectivity index (χ3n) is 3.21. The monoisotopic (exact) mass is 201 g/mol. The lowest BCUT2D eigenvalue weighted by Gasteiger charge is -2.50. The summed E-state index contributed by atoms with van der Waals surface area (Å²) in [4.78, 5) is 0. The zero-order valence-electron chi connectivity index (χ0n) is 9.75. The topological polar surface area (TPSA) is 44.5 Å². The molecular weight excluding hydrogens is 178 g/mol. The van der Waals surface area contributed by atoms with Crippen LogP contribution in [0.3, 0.4) is 0 Å². The van der Waals surface area contributed by atoms with Crippen molar-refractivity contribution >= 4 is 0 Å². The molecule has 3 unspecified atom stereocenters. The van der Waals surface area contributed by atoms with Crippen LogP contribution in [0.2, 0.25) is 0 Å². The first-order valence-corrected chi connectivity index (χ1v) is 5.47. The van der Waals surface area contributed by atoms with E-state index < -0.39 is 0 Å². The van der Waals surface area contributed by atoms with Crippen LogP contribution in [0.1, 0.15) is 34.1 Å². The summed E-state index contributed by atoms with van der Waals surface area (Å²) in [6.45, 7) is 9.81. The second-order valence-electron chi connectivity index (χ2n) is 4.76. The molecule has 0 aromatic rings. The van der Waals surface area contributed by atoms with Gasteiger partial charge < -0.3 is 15.2 Å². The summed E-state index contributed by atoms with van der Waals surface area (Å²) in [6, 6.07) is 0.284. The van der Waals surface area contributed by atoms with Crippen LogP contribution in [0.4, 0.5) is 0 Å². The molecule has 3 nitrogen and oxygen atoms in total. The van der Waals surface area contributed by atoms with Crippen molar-refractivity contribution in [3.8, 4) is 0 Å². The highest BCUT2D eigenvalue weighted by molar-refractivity contribution is 5.01. The predicted octanol–water partition coefficient (Wildman–Crippen LogP) is 1.55. The highest BCUT2D eigenvalue weighted by atomic mass is 16.5. The molecule has 1 rings (SSSR count). The third-order valence-corrected chi connectivity index (χ3v) is 3.21. The fraction of sp³-hybridized carbons (Fsp3) is 1.00. The van der Waals surface area contributed by atoms with Crippen LogP contribution in [0, 0.1) is 5.41 Å². The Morgan fingerprint density at radius 1 is 1.50 bits per heavy atom. The fourth-order valence-corrected chi connectivity index (χ4v) is 1.75. The van der Waals surface area contributed by atoms with Gasteiger partial charge in [-0.25, -0.2) is 0 Å². The van der Waals surface area contributed by atoms with E-state index in [0.717, 1.165) is 13.0 Å². The van der Waals surface area contributed by atoms with Crippen LogP contribution in [0.5, 0.6) is 0 Å². The summed E-state index contributed by atoms with van der Waals surface area (Å²) in [5, 5.41) is 0. The minimum absolute atomic E-state index is 0.125. The molecule has 0 aromatic heterocycles. The van der Waals surface area contributed by atoms with Gasteiger partial charge in [0.15, 0.2) is 0 Å². The van der Waals surface area contributed by atoms with Gasteiger partial charge in [-0.15, -0.1) is 0 Å². The number of ether oxygens (including phenoxy) is 2. The summed E-state index contributed by atoms with van der Waals surface area (Å²) in [5.74, 6) is 0. The average Bonchev–Trinajstić information content (AvgIpc) is 2.14. The van der Waals surface area contributed by atoms with Crippen LogP contribution in [0.15, 0.2) is 0 Å². The second-order valence-corrected chi connectivity index (χ2v) is 4.76. The molecule has 0 spiro atoms. The van der Waals surface area contributed by atoms with Gasteiger partial charge in [-0.05, 0) is 20.3 Å². The van der Waals surface area contributed by atoms with Gasteiger partial charge in [-0.3, -0.25) is 0 Å². The van der Waals surface area contributed by atoms with Gasteiger partial charge in [-0.2, -0.15) is 0 Å². The van der Waals surface area contributed by atoms with Crippen molar-refractivity contribution in [2.45, 2.75) is 52.4 Å². The molecule has 0 aliphatic heterocycles. The van der Waals surface area contributed by atoms with E-state index in [0.29, 0.717) is 12.7 Å². The normalized spacial score (nSPS) is 32.4. The summed E-state index contributed by atoms with van der Waals surface area (Å²) in [5.41, 5.74) is 6.04. The Hall–Kier alpha value is -0.120. The summed E-state index contributed by atoms with van der Waals surface area (Å²) < 4.78 is 11.2. The maximum Gasteiger partial charge on any atom is 0.0784 e. The Labute approximate surface area is 86.9 Å². The molecule has 1 saturated carbocycles. The third kappa shape index (κ3) is 2.47. The molecule has 14 heavy (non-hydrogen) atoms. The lowest BCUT2D eigenvalue weighted by molar-refractivity contribution is -0.148. The molecule has 3 heteroatoms. The number of hydrogen-bond donors (Lipinski definition) is 1. The summed E-state index contributed by atoms with van der Waals surface area (Å²) in [7, 11) is 0. The van der Waals surface area contributed by atoms with Crippen molar-refractivity contribution in [1.82, 2.24) is 0 Å². The van der Waals surface area contributed by atoms with E-state index in [-0.39, 0.29) is 17.6 Å². The molecule has 1 fully saturated rings. The Kier molecular flexibility index (Phi) is 3.93. The fourth-order valence-electron chi connectivity index (χ4n) is 1.75. The van der Waals surface area contributed by atoms with E-state index >= 15 is 0 Å². The maximum atomic E-state index is 5.91. The first-order valence-electron chi connectivity index (χ1n) is 5.47. The zero-order valence-corrected chi connectivity index (χ0v) is 9.75. The zero-order chi connectivity index (χ0) is 10.8. The number of rotatable bonds is 5. The van der Waals surface area contributed by atoms with Crippen molar-refractivity contribution in [3.05, 3.63) is 0 Å². The Bertz CT molecular complexity index is 182. The highest BCUT2D eigenvalue weighted by Crippen LogP contribution is 2.41. The predicted molar refractivity (Wildman–Crippen MR) is 57.2 cm³/mol.